The zero-order chi connectivity index (χ0) is 18.5. The molecule has 2 aromatic rings. The lowest BCUT2D eigenvalue weighted by Gasteiger charge is -2.10. The lowest BCUT2D eigenvalue weighted by Crippen LogP contribution is -2.40. The van der Waals surface area contributed by atoms with E-state index in [1.807, 2.05) is 10.8 Å². The first-order valence-electron chi connectivity index (χ1n) is 8.38. The fourth-order valence-corrected chi connectivity index (χ4v) is 2.92. The predicted molar refractivity (Wildman–Crippen MR) is 92.6 cm³/mol. The SMILES string of the molecule is COC(=O)c1ccccc1NC(=O)c1ccc[n+](C2CCC(CO)O2)c1. The van der Waals surface area contributed by atoms with Crippen LogP contribution in [0, 0.1) is 0 Å². The molecular weight excluding hydrogens is 336 g/mol. The van der Waals surface area contributed by atoms with Crippen molar-refractivity contribution in [3.8, 4) is 0 Å². The number of aliphatic hydroxyl groups excluding tert-OH is 1. The number of amides is 1. The number of benzene rings is 1. The number of methoxy groups -OCH3 is 1. The number of carbonyl (C=O) groups excluding carboxylic acids is 2. The highest BCUT2D eigenvalue weighted by molar-refractivity contribution is 6.07. The Labute approximate surface area is 151 Å². The number of nitrogens with one attached hydrogen (secondary N) is 1. The maximum Gasteiger partial charge on any atom is 0.339 e. The number of aliphatic hydroxyl groups is 1. The number of hydrogen-bond acceptors (Lipinski definition) is 5. The second-order valence-corrected chi connectivity index (χ2v) is 6.00. The molecular formula is C19H21N2O5+. The molecule has 1 saturated heterocycles. The van der Waals surface area contributed by atoms with Gasteiger partial charge < -0.3 is 19.9 Å². The molecule has 0 saturated carbocycles. The lowest BCUT2D eigenvalue weighted by atomic mass is 10.1. The molecule has 2 atom stereocenters. The van der Waals surface area contributed by atoms with Gasteiger partial charge in [-0.05, 0) is 24.6 Å². The van der Waals surface area contributed by atoms with E-state index in [1.165, 1.54) is 7.11 Å². The Hall–Kier alpha value is -2.77. The van der Waals surface area contributed by atoms with Crippen LogP contribution in [0.2, 0.25) is 0 Å². The highest BCUT2D eigenvalue weighted by Crippen LogP contribution is 2.23. The quantitative estimate of drug-likeness (QED) is 0.628. The van der Waals surface area contributed by atoms with Crippen molar-refractivity contribution in [1.29, 1.82) is 0 Å². The Morgan fingerprint density at radius 3 is 2.81 bits per heavy atom. The molecule has 2 heterocycles. The molecule has 1 amide bonds. The second kappa shape index (κ2) is 8.07. The van der Waals surface area contributed by atoms with Crippen LogP contribution in [0.5, 0.6) is 0 Å². The van der Waals surface area contributed by atoms with Gasteiger partial charge in [0, 0.05) is 12.5 Å². The molecule has 1 aliphatic rings. The van der Waals surface area contributed by atoms with E-state index >= 15 is 0 Å². The summed E-state index contributed by atoms with van der Waals surface area (Å²) in [5, 5.41) is 11.9. The van der Waals surface area contributed by atoms with Gasteiger partial charge in [-0.3, -0.25) is 4.79 Å². The normalized spacial score (nSPS) is 19.2. The van der Waals surface area contributed by atoms with Crippen LogP contribution in [-0.4, -0.2) is 36.8 Å². The van der Waals surface area contributed by atoms with E-state index < -0.39 is 5.97 Å². The molecule has 0 radical (unpaired) electrons. The first kappa shape index (κ1) is 18.0. The number of hydrogen-bond donors (Lipinski definition) is 2. The number of ether oxygens (including phenoxy) is 2. The predicted octanol–water partition coefficient (Wildman–Crippen LogP) is 1.68. The Kier molecular flexibility index (Phi) is 5.60. The maximum atomic E-state index is 12.6. The van der Waals surface area contributed by atoms with Gasteiger partial charge in [0.25, 0.3) is 12.1 Å². The number of carbonyl (C=O) groups is 2. The van der Waals surface area contributed by atoms with Gasteiger partial charge in [0.1, 0.15) is 5.56 Å². The summed E-state index contributed by atoms with van der Waals surface area (Å²) in [6.45, 7) is -0.0124. The average molecular weight is 357 g/mol. The number of nitrogens with zero attached hydrogens (tertiary/aromatic N) is 1. The number of aromatic nitrogens is 1. The number of esters is 1. The van der Waals surface area contributed by atoms with Crippen LogP contribution in [0.4, 0.5) is 5.69 Å². The van der Waals surface area contributed by atoms with Gasteiger partial charge in [0.2, 0.25) is 0 Å². The molecule has 2 unspecified atom stereocenters. The Bertz CT molecular complexity index is 808. The summed E-state index contributed by atoms with van der Waals surface area (Å²) in [5.41, 5.74) is 1.11. The van der Waals surface area contributed by atoms with E-state index in [2.05, 4.69) is 5.32 Å². The minimum atomic E-state index is -0.515. The smallest absolute Gasteiger partial charge is 0.339 e. The van der Waals surface area contributed by atoms with Gasteiger partial charge in [-0.2, -0.15) is 4.57 Å². The Morgan fingerprint density at radius 1 is 1.27 bits per heavy atom. The monoisotopic (exact) mass is 357 g/mol. The third-order valence-corrected chi connectivity index (χ3v) is 4.29. The van der Waals surface area contributed by atoms with Crippen LogP contribution in [0.25, 0.3) is 0 Å². The molecule has 1 aromatic heterocycles. The van der Waals surface area contributed by atoms with Crippen LogP contribution in [0.3, 0.4) is 0 Å². The molecule has 3 rings (SSSR count). The average Bonchev–Trinajstić information content (AvgIpc) is 3.17. The third-order valence-electron chi connectivity index (χ3n) is 4.29. The van der Waals surface area contributed by atoms with Crippen molar-refractivity contribution in [2.45, 2.75) is 25.2 Å². The highest BCUT2D eigenvalue weighted by Gasteiger charge is 2.31. The van der Waals surface area contributed by atoms with Crippen molar-refractivity contribution < 1.29 is 28.7 Å². The van der Waals surface area contributed by atoms with Crippen LogP contribution < -0.4 is 9.88 Å². The summed E-state index contributed by atoms with van der Waals surface area (Å²) in [6, 6.07) is 10.1. The van der Waals surface area contributed by atoms with Gasteiger partial charge in [-0.15, -0.1) is 0 Å². The molecule has 7 heteroatoms. The molecule has 7 nitrogen and oxygen atoms in total. The number of rotatable bonds is 5. The summed E-state index contributed by atoms with van der Waals surface area (Å²) in [7, 11) is 1.29. The fraction of sp³-hybridized carbons (Fsp3) is 0.316. The van der Waals surface area contributed by atoms with E-state index in [1.54, 1.807) is 42.6 Å². The molecule has 1 fully saturated rings. The molecule has 1 aliphatic heterocycles. The standard InChI is InChI=1S/C19H20N2O5/c1-25-19(24)15-6-2-3-7-16(15)20-18(23)13-5-4-10-21(11-13)17-9-8-14(12-22)26-17/h2-7,10-11,14,17,22H,8-9,12H2,1H3/p+1. The van der Waals surface area contributed by atoms with Crippen molar-refractivity contribution in [3.63, 3.8) is 0 Å². The minimum absolute atomic E-state index is 0.0124. The van der Waals surface area contributed by atoms with Gasteiger partial charge in [-0.1, -0.05) is 12.1 Å². The van der Waals surface area contributed by atoms with Crippen molar-refractivity contribution >= 4 is 17.6 Å². The first-order chi connectivity index (χ1) is 12.6. The molecule has 26 heavy (non-hydrogen) atoms. The summed E-state index contributed by atoms with van der Waals surface area (Å²) >= 11 is 0. The van der Waals surface area contributed by atoms with Crippen LogP contribution in [0.15, 0.2) is 48.8 Å². The molecule has 136 valence electrons. The zero-order valence-corrected chi connectivity index (χ0v) is 14.4. The molecule has 0 spiro atoms. The van der Waals surface area contributed by atoms with Crippen molar-refractivity contribution in [2.75, 3.05) is 19.0 Å². The van der Waals surface area contributed by atoms with Crippen molar-refractivity contribution in [1.82, 2.24) is 0 Å². The minimum Gasteiger partial charge on any atom is -0.465 e. The number of anilines is 1. The fourth-order valence-electron chi connectivity index (χ4n) is 2.92. The van der Waals surface area contributed by atoms with E-state index in [0.29, 0.717) is 11.3 Å². The Morgan fingerprint density at radius 2 is 2.08 bits per heavy atom. The third kappa shape index (κ3) is 3.89. The van der Waals surface area contributed by atoms with Crippen LogP contribution >= 0.6 is 0 Å². The number of pyridine rings is 1. The van der Waals surface area contributed by atoms with Crippen molar-refractivity contribution in [2.24, 2.45) is 0 Å². The summed E-state index contributed by atoms with van der Waals surface area (Å²) in [5.74, 6) is -0.856. The van der Waals surface area contributed by atoms with E-state index in [4.69, 9.17) is 9.47 Å². The van der Waals surface area contributed by atoms with Crippen molar-refractivity contribution in [3.05, 3.63) is 59.9 Å². The van der Waals surface area contributed by atoms with E-state index in [0.717, 1.165) is 12.8 Å². The number of para-hydroxylation sites is 1. The zero-order valence-electron chi connectivity index (χ0n) is 14.4. The van der Waals surface area contributed by atoms with Gasteiger partial charge in [0.15, 0.2) is 12.4 Å². The topological polar surface area (TPSA) is 88.7 Å². The Balaban J connectivity index is 1.77. The van der Waals surface area contributed by atoms with Crippen LogP contribution in [-0.2, 0) is 9.47 Å². The lowest BCUT2D eigenvalue weighted by molar-refractivity contribution is -0.759. The van der Waals surface area contributed by atoms with Gasteiger partial charge in [-0.25, -0.2) is 4.79 Å². The second-order valence-electron chi connectivity index (χ2n) is 6.00. The van der Waals surface area contributed by atoms with E-state index in [-0.39, 0.29) is 30.4 Å². The van der Waals surface area contributed by atoms with Gasteiger partial charge in [0.05, 0.1) is 31.1 Å². The molecule has 2 N–H and O–H groups in total. The first-order valence-corrected chi connectivity index (χ1v) is 8.38. The summed E-state index contributed by atoms with van der Waals surface area (Å²) in [6.07, 6.45) is 4.69. The largest absolute Gasteiger partial charge is 0.465 e. The van der Waals surface area contributed by atoms with Crippen LogP contribution in [0.1, 0.15) is 39.8 Å². The molecule has 0 aliphatic carbocycles. The highest BCUT2D eigenvalue weighted by atomic mass is 16.5. The molecule has 1 aromatic carbocycles. The maximum absolute atomic E-state index is 12.6. The summed E-state index contributed by atoms with van der Waals surface area (Å²) < 4.78 is 12.3. The summed E-state index contributed by atoms with van der Waals surface area (Å²) in [4.78, 5) is 24.4. The van der Waals surface area contributed by atoms with Gasteiger partial charge >= 0.3 is 5.97 Å². The molecule has 0 bridgehead atoms. The van der Waals surface area contributed by atoms with E-state index in [9.17, 15) is 14.7 Å².